The Balaban J connectivity index is 1.74. The highest BCUT2D eigenvalue weighted by Crippen LogP contribution is 2.39. The van der Waals surface area contributed by atoms with E-state index in [2.05, 4.69) is 38.1 Å². The predicted molar refractivity (Wildman–Crippen MR) is 121 cm³/mol. The van der Waals surface area contributed by atoms with Crippen molar-refractivity contribution >= 4 is 28.1 Å². The molecule has 30 heavy (non-hydrogen) atoms. The summed E-state index contributed by atoms with van der Waals surface area (Å²) in [6.07, 6.45) is 7.62. The van der Waals surface area contributed by atoms with Gasteiger partial charge in [0.15, 0.2) is 5.78 Å². The van der Waals surface area contributed by atoms with Crippen LogP contribution in [0.4, 0.5) is 0 Å². The fourth-order valence-corrected chi connectivity index (χ4v) is 4.11. The molecular weight excluding hydrogens is 372 g/mol. The number of aromatic carboxylic acids is 1. The van der Waals surface area contributed by atoms with E-state index in [1.165, 1.54) is 5.57 Å². The lowest BCUT2D eigenvalue weighted by molar-refractivity contribution is 0.0696. The Morgan fingerprint density at radius 3 is 2.33 bits per heavy atom. The number of allylic oxidation sites excluding steroid dienone is 4. The highest BCUT2D eigenvalue weighted by Gasteiger charge is 2.22. The molecule has 0 heterocycles. The summed E-state index contributed by atoms with van der Waals surface area (Å²) in [7, 11) is 0. The minimum Gasteiger partial charge on any atom is -0.478 e. The number of carboxylic acids is 1. The SMILES string of the molecule is CC1(C)C=CC=C(c2cccc3cccc(C(=O)Cc4ccc(C(=O)O)cc4)c23)C1. The highest BCUT2D eigenvalue weighted by molar-refractivity contribution is 6.12. The summed E-state index contributed by atoms with van der Waals surface area (Å²) in [5, 5.41) is 11.1. The normalized spacial score (nSPS) is 15.1. The van der Waals surface area contributed by atoms with E-state index in [9.17, 15) is 9.59 Å². The van der Waals surface area contributed by atoms with E-state index in [0.29, 0.717) is 5.56 Å². The molecule has 4 rings (SSSR count). The predicted octanol–water partition coefficient (Wildman–Crippen LogP) is 6.33. The third-order valence-electron chi connectivity index (χ3n) is 5.61. The molecule has 3 aromatic carbocycles. The Morgan fingerprint density at radius 2 is 1.67 bits per heavy atom. The zero-order valence-electron chi connectivity index (χ0n) is 17.2. The van der Waals surface area contributed by atoms with Gasteiger partial charge in [-0.15, -0.1) is 0 Å². The van der Waals surface area contributed by atoms with Crippen molar-refractivity contribution in [2.45, 2.75) is 26.7 Å². The molecule has 0 unspecified atom stereocenters. The summed E-state index contributed by atoms with van der Waals surface area (Å²) in [5.74, 6) is -0.938. The molecule has 1 aliphatic carbocycles. The molecule has 0 atom stereocenters. The fourth-order valence-electron chi connectivity index (χ4n) is 4.11. The summed E-state index contributed by atoms with van der Waals surface area (Å²) < 4.78 is 0. The number of Topliss-reactive ketones (excluding diaryl/α,β-unsaturated/α-hetero) is 1. The zero-order chi connectivity index (χ0) is 21.3. The highest BCUT2D eigenvalue weighted by atomic mass is 16.4. The molecule has 3 nitrogen and oxygen atoms in total. The van der Waals surface area contributed by atoms with Gasteiger partial charge in [-0.05, 0) is 51.4 Å². The molecule has 0 fully saturated rings. The van der Waals surface area contributed by atoms with E-state index in [1.54, 1.807) is 24.3 Å². The van der Waals surface area contributed by atoms with Crippen LogP contribution in [0.1, 0.15) is 52.1 Å². The topological polar surface area (TPSA) is 54.4 Å². The quantitative estimate of drug-likeness (QED) is 0.513. The largest absolute Gasteiger partial charge is 0.478 e. The van der Waals surface area contributed by atoms with Crippen molar-refractivity contribution in [3.8, 4) is 0 Å². The molecule has 1 aliphatic rings. The molecule has 150 valence electrons. The van der Waals surface area contributed by atoms with E-state index >= 15 is 0 Å². The summed E-state index contributed by atoms with van der Waals surface area (Å²) in [5.41, 5.74) is 4.16. The molecular formula is C27H24O3. The van der Waals surface area contributed by atoms with Gasteiger partial charge in [0.25, 0.3) is 0 Å². The van der Waals surface area contributed by atoms with Gasteiger partial charge in [-0.25, -0.2) is 4.79 Å². The smallest absolute Gasteiger partial charge is 0.335 e. The summed E-state index contributed by atoms with van der Waals surface area (Å²) in [4.78, 5) is 24.3. The van der Waals surface area contributed by atoms with Crippen LogP contribution >= 0.6 is 0 Å². The average molecular weight is 396 g/mol. The summed E-state index contributed by atoms with van der Waals surface area (Å²) in [6, 6.07) is 18.6. The van der Waals surface area contributed by atoms with Gasteiger partial charge in [0.1, 0.15) is 0 Å². The van der Waals surface area contributed by atoms with E-state index in [1.807, 2.05) is 30.3 Å². The van der Waals surface area contributed by atoms with Gasteiger partial charge in [0, 0.05) is 12.0 Å². The van der Waals surface area contributed by atoms with Crippen LogP contribution < -0.4 is 0 Å². The van der Waals surface area contributed by atoms with Crippen LogP contribution in [0.2, 0.25) is 0 Å². The van der Waals surface area contributed by atoms with Crippen LogP contribution in [-0.2, 0) is 6.42 Å². The van der Waals surface area contributed by atoms with E-state index < -0.39 is 5.97 Å². The average Bonchev–Trinajstić information content (AvgIpc) is 2.72. The molecule has 0 aromatic heterocycles. The Bertz CT molecular complexity index is 1190. The fraction of sp³-hybridized carbons (Fsp3) is 0.185. The Morgan fingerprint density at radius 1 is 0.967 bits per heavy atom. The van der Waals surface area contributed by atoms with Crippen LogP contribution in [-0.4, -0.2) is 16.9 Å². The number of hydrogen-bond donors (Lipinski definition) is 1. The van der Waals surface area contributed by atoms with Gasteiger partial charge < -0.3 is 5.11 Å². The second-order valence-electron chi connectivity index (χ2n) is 8.53. The molecule has 1 N–H and O–H groups in total. The molecule has 0 aliphatic heterocycles. The maximum Gasteiger partial charge on any atom is 0.335 e. The number of rotatable bonds is 5. The molecule has 0 bridgehead atoms. The van der Waals surface area contributed by atoms with Crippen molar-refractivity contribution in [1.29, 1.82) is 0 Å². The van der Waals surface area contributed by atoms with Gasteiger partial charge in [-0.1, -0.05) is 80.6 Å². The van der Waals surface area contributed by atoms with Crippen molar-refractivity contribution in [3.05, 3.63) is 101 Å². The monoisotopic (exact) mass is 396 g/mol. The second-order valence-corrected chi connectivity index (χ2v) is 8.53. The van der Waals surface area contributed by atoms with E-state index in [4.69, 9.17) is 5.11 Å². The molecule has 0 amide bonds. The van der Waals surface area contributed by atoms with Crippen molar-refractivity contribution in [3.63, 3.8) is 0 Å². The van der Waals surface area contributed by atoms with Crippen molar-refractivity contribution in [2.24, 2.45) is 5.41 Å². The molecule has 0 spiro atoms. The lowest BCUT2D eigenvalue weighted by Crippen LogP contribution is -2.11. The van der Waals surface area contributed by atoms with Crippen molar-refractivity contribution < 1.29 is 14.7 Å². The lowest BCUT2D eigenvalue weighted by Gasteiger charge is -2.26. The number of ketones is 1. The van der Waals surface area contributed by atoms with Gasteiger partial charge in [0.05, 0.1) is 5.56 Å². The first-order valence-electron chi connectivity index (χ1n) is 10.1. The molecule has 0 radical (unpaired) electrons. The first-order chi connectivity index (χ1) is 14.3. The maximum atomic E-state index is 13.3. The van der Waals surface area contributed by atoms with E-state index in [-0.39, 0.29) is 23.2 Å². The molecule has 3 aromatic rings. The van der Waals surface area contributed by atoms with Crippen LogP contribution in [0.25, 0.3) is 16.3 Å². The molecule has 0 saturated carbocycles. The lowest BCUT2D eigenvalue weighted by atomic mass is 9.78. The number of hydrogen-bond acceptors (Lipinski definition) is 2. The summed E-state index contributed by atoms with van der Waals surface area (Å²) in [6.45, 7) is 4.43. The first kappa shape index (κ1) is 19.8. The minimum absolute atomic E-state index is 0.0299. The van der Waals surface area contributed by atoms with Crippen LogP contribution in [0.15, 0.2) is 78.9 Å². The van der Waals surface area contributed by atoms with Crippen molar-refractivity contribution in [2.75, 3.05) is 0 Å². The number of carbonyl (C=O) groups is 2. The third kappa shape index (κ3) is 3.97. The second kappa shape index (κ2) is 7.75. The number of benzene rings is 3. The van der Waals surface area contributed by atoms with Gasteiger partial charge in [-0.2, -0.15) is 0 Å². The minimum atomic E-state index is -0.968. The first-order valence-corrected chi connectivity index (χ1v) is 10.1. The van der Waals surface area contributed by atoms with Crippen LogP contribution in [0.3, 0.4) is 0 Å². The Hall–Kier alpha value is -3.46. The van der Waals surface area contributed by atoms with Gasteiger partial charge in [0.2, 0.25) is 0 Å². The zero-order valence-corrected chi connectivity index (χ0v) is 17.2. The maximum absolute atomic E-state index is 13.3. The third-order valence-corrected chi connectivity index (χ3v) is 5.61. The standard InChI is InChI=1S/C27H24O3/c1-27(2)15-5-8-21(17-27)22-9-3-6-19-7-4-10-23(25(19)22)24(28)16-18-11-13-20(14-12-18)26(29)30/h3-15H,16-17H2,1-2H3,(H,29,30). The summed E-state index contributed by atoms with van der Waals surface area (Å²) >= 11 is 0. The Labute approximate surface area is 176 Å². The number of fused-ring (bicyclic) bond motifs is 1. The van der Waals surface area contributed by atoms with Crippen molar-refractivity contribution in [1.82, 2.24) is 0 Å². The Kier molecular flexibility index (Phi) is 5.13. The van der Waals surface area contributed by atoms with Crippen LogP contribution in [0, 0.1) is 5.41 Å². The number of carboxylic acid groups (broad SMARTS) is 1. The van der Waals surface area contributed by atoms with Crippen LogP contribution in [0.5, 0.6) is 0 Å². The van der Waals surface area contributed by atoms with E-state index in [0.717, 1.165) is 28.3 Å². The molecule has 0 saturated heterocycles. The van der Waals surface area contributed by atoms with Gasteiger partial charge in [-0.3, -0.25) is 4.79 Å². The number of carbonyl (C=O) groups excluding carboxylic acids is 1. The van der Waals surface area contributed by atoms with Gasteiger partial charge >= 0.3 is 5.97 Å². The molecule has 3 heteroatoms.